The number of sulfonamides is 1. The number of anilines is 1. The molecule has 0 unspecified atom stereocenters. The molecule has 2 aliphatic rings. The predicted octanol–water partition coefficient (Wildman–Crippen LogP) is 4.59. The van der Waals surface area contributed by atoms with Gasteiger partial charge in [0.2, 0.25) is 10.0 Å². The molecule has 0 aromatic heterocycles. The molecule has 1 aliphatic heterocycles. The van der Waals surface area contributed by atoms with E-state index >= 15 is 4.39 Å². The molecule has 0 spiro atoms. The predicted molar refractivity (Wildman–Crippen MR) is 167 cm³/mol. The average Bonchev–Trinajstić information content (AvgIpc) is 3.88. The van der Waals surface area contributed by atoms with Crippen LogP contribution in [0.5, 0.6) is 0 Å². The Balaban J connectivity index is 1.51. The van der Waals surface area contributed by atoms with Crippen LogP contribution in [0.4, 0.5) is 28.0 Å². The van der Waals surface area contributed by atoms with Gasteiger partial charge in [-0.3, -0.25) is 4.79 Å². The molecule has 3 aromatic rings. The van der Waals surface area contributed by atoms with E-state index in [-0.39, 0.29) is 41.3 Å². The second-order valence-electron chi connectivity index (χ2n) is 11.9. The Morgan fingerprint density at radius 3 is 2.26 bits per heavy atom. The van der Waals surface area contributed by atoms with Gasteiger partial charge in [-0.15, -0.1) is 0 Å². The van der Waals surface area contributed by atoms with Crippen LogP contribution in [0.25, 0.3) is 0 Å². The summed E-state index contributed by atoms with van der Waals surface area (Å²) >= 11 is 0. The van der Waals surface area contributed by atoms with Crippen molar-refractivity contribution in [2.45, 2.75) is 61.9 Å². The van der Waals surface area contributed by atoms with Crippen LogP contribution in [0.2, 0.25) is 0 Å². The molecule has 3 aromatic carbocycles. The van der Waals surface area contributed by atoms with Crippen molar-refractivity contribution in [2.75, 3.05) is 25.1 Å². The van der Waals surface area contributed by atoms with E-state index < -0.39 is 68.5 Å². The van der Waals surface area contributed by atoms with Gasteiger partial charge in [-0.25, -0.2) is 35.7 Å². The molecule has 5 rings (SSSR count). The molecule has 1 saturated heterocycles. The van der Waals surface area contributed by atoms with Gasteiger partial charge in [-0.1, -0.05) is 18.2 Å². The van der Waals surface area contributed by atoms with Crippen molar-refractivity contribution >= 4 is 27.7 Å². The van der Waals surface area contributed by atoms with Gasteiger partial charge in [0.1, 0.15) is 23.3 Å². The average molecular weight is 677 g/mol. The van der Waals surface area contributed by atoms with Crippen LogP contribution in [0.15, 0.2) is 60.7 Å². The summed E-state index contributed by atoms with van der Waals surface area (Å²) in [6, 6.07) is 8.58. The molecule has 14 heteroatoms. The molecule has 1 saturated carbocycles. The molecule has 4 atom stereocenters. The SMILES string of the molecule is COC(=O)N(C(=O)[C@@H](N)[C@@H](c1ccc(F)cc1)c1cc(F)cc(F)c1)c1cccc(F)c1CC[C@H]1CNC[C@@H](C)N1S(=O)(=O)C1CC1. The van der Waals surface area contributed by atoms with Gasteiger partial charge >= 0.3 is 6.09 Å². The van der Waals surface area contributed by atoms with E-state index in [4.69, 9.17) is 10.5 Å². The molecular weight excluding hydrogens is 640 g/mol. The highest BCUT2D eigenvalue weighted by molar-refractivity contribution is 7.90. The van der Waals surface area contributed by atoms with E-state index in [0.29, 0.717) is 36.9 Å². The number of rotatable bonds is 10. The highest BCUT2D eigenvalue weighted by atomic mass is 32.2. The van der Waals surface area contributed by atoms with Gasteiger partial charge in [-0.2, -0.15) is 4.31 Å². The second kappa shape index (κ2) is 14.1. The second-order valence-corrected chi connectivity index (χ2v) is 14.0. The van der Waals surface area contributed by atoms with Gasteiger partial charge in [0.05, 0.1) is 24.1 Å². The summed E-state index contributed by atoms with van der Waals surface area (Å²) in [5.74, 6) is -5.62. The van der Waals surface area contributed by atoms with Crippen molar-refractivity contribution in [2.24, 2.45) is 5.73 Å². The van der Waals surface area contributed by atoms with E-state index in [0.717, 1.165) is 37.4 Å². The first-order chi connectivity index (χ1) is 22.3. The smallest absolute Gasteiger partial charge is 0.420 e. The third kappa shape index (κ3) is 7.35. The van der Waals surface area contributed by atoms with Crippen molar-refractivity contribution in [1.82, 2.24) is 9.62 Å². The van der Waals surface area contributed by atoms with Crippen molar-refractivity contribution < 1.29 is 40.3 Å². The van der Waals surface area contributed by atoms with Gasteiger partial charge in [0, 0.05) is 42.7 Å². The number of nitrogens with zero attached hydrogens (tertiary/aromatic N) is 2. The fourth-order valence-corrected chi connectivity index (χ4v) is 8.51. The summed E-state index contributed by atoms with van der Waals surface area (Å²) < 4.78 is 91.1. The molecule has 252 valence electrons. The third-order valence-corrected chi connectivity index (χ3v) is 11.2. The summed E-state index contributed by atoms with van der Waals surface area (Å²) in [6.45, 7) is 2.59. The minimum absolute atomic E-state index is 0.0596. The molecule has 1 heterocycles. The fraction of sp³-hybridized carbons (Fsp3) is 0.394. The van der Waals surface area contributed by atoms with Gasteiger partial charge in [0.25, 0.3) is 5.91 Å². The number of nitrogens with one attached hydrogen (secondary N) is 1. The van der Waals surface area contributed by atoms with Crippen molar-refractivity contribution in [3.05, 3.63) is 101 Å². The highest BCUT2D eigenvalue weighted by Gasteiger charge is 2.46. The van der Waals surface area contributed by atoms with E-state index in [1.54, 1.807) is 6.92 Å². The van der Waals surface area contributed by atoms with Gasteiger partial charge in [0.15, 0.2) is 0 Å². The molecule has 2 amide bonds. The van der Waals surface area contributed by atoms with Crippen LogP contribution in [-0.4, -0.2) is 68.3 Å². The Hall–Kier alpha value is -3.85. The minimum Gasteiger partial charge on any atom is -0.452 e. The lowest BCUT2D eigenvalue weighted by Gasteiger charge is -2.40. The summed E-state index contributed by atoms with van der Waals surface area (Å²) in [5.41, 5.74) is 6.39. The first-order valence-corrected chi connectivity index (χ1v) is 16.7. The minimum atomic E-state index is -3.57. The number of halogens is 4. The van der Waals surface area contributed by atoms with Crippen molar-refractivity contribution in [1.29, 1.82) is 0 Å². The molecule has 3 N–H and O–H groups in total. The maximum Gasteiger partial charge on any atom is 0.420 e. The fourth-order valence-electron chi connectivity index (χ4n) is 6.26. The largest absolute Gasteiger partial charge is 0.452 e. The lowest BCUT2D eigenvalue weighted by molar-refractivity contribution is -0.119. The first-order valence-electron chi connectivity index (χ1n) is 15.2. The number of amides is 2. The zero-order valence-corrected chi connectivity index (χ0v) is 26.7. The summed E-state index contributed by atoms with van der Waals surface area (Å²) in [4.78, 5) is 28.0. The third-order valence-electron chi connectivity index (χ3n) is 8.61. The Morgan fingerprint density at radius 1 is 0.979 bits per heavy atom. The Morgan fingerprint density at radius 2 is 1.64 bits per heavy atom. The Labute approximate surface area is 270 Å². The molecule has 0 radical (unpaired) electrons. The molecule has 9 nitrogen and oxygen atoms in total. The maximum absolute atomic E-state index is 15.6. The number of imide groups is 1. The number of hydrogen-bond donors (Lipinski definition) is 2. The summed E-state index contributed by atoms with van der Waals surface area (Å²) in [5, 5.41) is 2.78. The van der Waals surface area contributed by atoms with Gasteiger partial charge < -0.3 is 15.8 Å². The van der Waals surface area contributed by atoms with Crippen LogP contribution in [0, 0.1) is 23.3 Å². The molecule has 2 fully saturated rings. The monoisotopic (exact) mass is 676 g/mol. The number of benzene rings is 3. The number of hydrogen-bond acceptors (Lipinski definition) is 7. The standard InChI is InChI=1S/C33H36F4N4O5S/c1-19-17-39-18-25(41(19)47(44,45)26-11-12-26)10-13-27-28(37)4-3-5-29(27)40(33(43)46-2)32(42)31(38)30(20-6-8-22(34)9-7-20)21-14-23(35)16-24(36)15-21/h3-9,14-16,19,25-26,30-31,39H,10-13,17-18,38H2,1-2H3/t19-,25+,30+,31+/m1/s1. The van der Waals surface area contributed by atoms with Crippen LogP contribution < -0.4 is 16.0 Å². The van der Waals surface area contributed by atoms with Gasteiger partial charge in [-0.05, 0) is 80.1 Å². The topological polar surface area (TPSA) is 122 Å². The highest BCUT2D eigenvalue weighted by Crippen LogP contribution is 2.36. The van der Waals surface area contributed by atoms with E-state index in [1.807, 2.05) is 0 Å². The number of carbonyl (C=O) groups is 2. The zero-order chi connectivity index (χ0) is 34.0. The quantitative estimate of drug-likeness (QED) is 0.302. The van der Waals surface area contributed by atoms with E-state index in [9.17, 15) is 31.2 Å². The van der Waals surface area contributed by atoms with Crippen LogP contribution in [-0.2, 0) is 26.0 Å². The van der Waals surface area contributed by atoms with Crippen LogP contribution >= 0.6 is 0 Å². The number of ether oxygens (including phenoxy) is 1. The number of carbonyl (C=O) groups excluding carboxylic acids is 2. The number of nitrogens with two attached hydrogens (primary N) is 1. The van der Waals surface area contributed by atoms with E-state index in [1.165, 1.54) is 28.6 Å². The zero-order valence-electron chi connectivity index (χ0n) is 25.8. The van der Waals surface area contributed by atoms with Crippen molar-refractivity contribution in [3.8, 4) is 0 Å². The van der Waals surface area contributed by atoms with E-state index in [2.05, 4.69) is 5.32 Å². The molecule has 1 aliphatic carbocycles. The maximum atomic E-state index is 15.6. The number of piperazine rings is 1. The lowest BCUT2D eigenvalue weighted by Crippen LogP contribution is -2.59. The summed E-state index contributed by atoms with van der Waals surface area (Å²) in [7, 11) is -2.56. The molecule has 47 heavy (non-hydrogen) atoms. The molecule has 0 bridgehead atoms. The van der Waals surface area contributed by atoms with Crippen molar-refractivity contribution in [3.63, 3.8) is 0 Å². The summed E-state index contributed by atoms with van der Waals surface area (Å²) in [6.07, 6.45) is 0.0607. The Kier molecular flexibility index (Phi) is 10.3. The Bertz CT molecular complexity index is 1720. The van der Waals surface area contributed by atoms with Crippen LogP contribution in [0.1, 0.15) is 48.8 Å². The number of methoxy groups -OCH3 is 1. The molecular formula is C33H36F4N4O5S. The first kappa shape index (κ1) is 34.5. The normalized spacial score (nSPS) is 20.0. The lowest BCUT2D eigenvalue weighted by atomic mass is 9.84. The van der Waals surface area contributed by atoms with Crippen LogP contribution in [0.3, 0.4) is 0 Å².